The molecule has 0 heterocycles. The summed E-state index contributed by atoms with van der Waals surface area (Å²) < 4.78 is 0. The molecule has 0 fully saturated rings. The normalized spacial score (nSPS) is 22.4. The molecule has 2 aliphatic carbocycles. The van der Waals surface area contributed by atoms with E-state index in [-0.39, 0.29) is 41.1 Å². The van der Waals surface area contributed by atoms with Gasteiger partial charge >= 0.3 is 0 Å². The summed E-state index contributed by atoms with van der Waals surface area (Å²) in [6.07, 6.45) is 3.02. The SMILES string of the molecule is C=CCc1c(O)c(O)c2c(c1O)C(=O)C=C1C(C)=C(C)C(=O)C[C@@]12C. The predicted molar refractivity (Wildman–Crippen MR) is 93.1 cm³/mol. The molecule has 0 bridgehead atoms. The quantitative estimate of drug-likeness (QED) is 0.436. The van der Waals surface area contributed by atoms with Crippen molar-refractivity contribution in [2.75, 3.05) is 0 Å². The van der Waals surface area contributed by atoms with E-state index in [9.17, 15) is 24.9 Å². The lowest BCUT2D eigenvalue weighted by Gasteiger charge is -2.41. The molecular weight excluding hydrogens is 320 g/mol. The third kappa shape index (κ3) is 2.08. The maximum atomic E-state index is 12.7. The van der Waals surface area contributed by atoms with E-state index in [2.05, 4.69) is 6.58 Å². The zero-order chi connectivity index (χ0) is 18.7. The van der Waals surface area contributed by atoms with Crippen LogP contribution in [-0.2, 0) is 16.6 Å². The molecule has 0 unspecified atom stereocenters. The van der Waals surface area contributed by atoms with Gasteiger partial charge in [0.05, 0.1) is 5.56 Å². The van der Waals surface area contributed by atoms with Gasteiger partial charge in [0.1, 0.15) is 5.75 Å². The van der Waals surface area contributed by atoms with E-state index >= 15 is 0 Å². The average Bonchev–Trinajstić information content (AvgIpc) is 2.55. The van der Waals surface area contributed by atoms with Crippen molar-refractivity contribution < 1.29 is 24.9 Å². The Morgan fingerprint density at radius 1 is 1.12 bits per heavy atom. The molecule has 0 radical (unpaired) electrons. The van der Waals surface area contributed by atoms with Gasteiger partial charge in [-0.05, 0) is 43.1 Å². The van der Waals surface area contributed by atoms with Crippen LogP contribution in [0.1, 0.15) is 48.7 Å². The predicted octanol–water partition coefficient (Wildman–Crippen LogP) is 3.22. The summed E-state index contributed by atoms with van der Waals surface area (Å²) in [5.41, 5.74) is 1.01. The number of carbonyl (C=O) groups is 2. The number of phenols is 3. The summed E-state index contributed by atoms with van der Waals surface area (Å²) in [5.74, 6) is -1.87. The summed E-state index contributed by atoms with van der Waals surface area (Å²) in [6, 6.07) is 0. The number of aromatic hydroxyl groups is 3. The Kier molecular flexibility index (Phi) is 3.64. The lowest BCUT2D eigenvalue weighted by molar-refractivity contribution is -0.116. The maximum absolute atomic E-state index is 12.7. The first kappa shape index (κ1) is 17.0. The summed E-state index contributed by atoms with van der Waals surface area (Å²) >= 11 is 0. The van der Waals surface area contributed by atoms with E-state index in [1.165, 1.54) is 12.2 Å². The second-order valence-electron chi connectivity index (χ2n) is 6.87. The summed E-state index contributed by atoms with van der Waals surface area (Å²) in [6.45, 7) is 8.76. The van der Waals surface area contributed by atoms with E-state index in [1.807, 2.05) is 0 Å². The van der Waals surface area contributed by atoms with Gasteiger partial charge in [0.15, 0.2) is 23.1 Å². The monoisotopic (exact) mass is 340 g/mol. The van der Waals surface area contributed by atoms with Crippen LogP contribution in [0.5, 0.6) is 17.2 Å². The molecule has 130 valence electrons. The van der Waals surface area contributed by atoms with Crippen LogP contribution in [0.2, 0.25) is 0 Å². The number of rotatable bonds is 2. The van der Waals surface area contributed by atoms with Crippen molar-refractivity contribution in [1.29, 1.82) is 0 Å². The number of ketones is 2. The Balaban J connectivity index is 2.43. The van der Waals surface area contributed by atoms with Crippen molar-refractivity contribution in [3.05, 3.63) is 52.1 Å². The van der Waals surface area contributed by atoms with Crippen LogP contribution in [0.3, 0.4) is 0 Å². The second kappa shape index (κ2) is 5.34. The van der Waals surface area contributed by atoms with Crippen molar-refractivity contribution in [3.63, 3.8) is 0 Å². The molecule has 3 rings (SSSR count). The Morgan fingerprint density at radius 3 is 2.36 bits per heavy atom. The molecule has 1 aromatic rings. The van der Waals surface area contributed by atoms with Crippen LogP contribution in [0.15, 0.2) is 35.5 Å². The topological polar surface area (TPSA) is 94.8 Å². The van der Waals surface area contributed by atoms with Crippen molar-refractivity contribution in [2.24, 2.45) is 0 Å². The molecule has 2 aliphatic rings. The highest BCUT2D eigenvalue weighted by atomic mass is 16.3. The zero-order valence-electron chi connectivity index (χ0n) is 14.4. The third-order valence-corrected chi connectivity index (χ3v) is 5.44. The second-order valence-corrected chi connectivity index (χ2v) is 6.87. The van der Waals surface area contributed by atoms with Crippen LogP contribution < -0.4 is 0 Å². The van der Waals surface area contributed by atoms with Gasteiger partial charge in [-0.2, -0.15) is 0 Å². The molecule has 0 aliphatic heterocycles. The number of benzene rings is 1. The molecule has 25 heavy (non-hydrogen) atoms. The van der Waals surface area contributed by atoms with Gasteiger partial charge in [-0.15, -0.1) is 6.58 Å². The molecular formula is C20H20O5. The van der Waals surface area contributed by atoms with E-state index in [4.69, 9.17) is 0 Å². The van der Waals surface area contributed by atoms with Crippen molar-refractivity contribution in [2.45, 2.75) is 39.0 Å². The van der Waals surface area contributed by atoms with E-state index < -0.39 is 22.7 Å². The smallest absolute Gasteiger partial charge is 0.190 e. The van der Waals surface area contributed by atoms with Crippen LogP contribution in [0.25, 0.3) is 0 Å². The van der Waals surface area contributed by atoms with Crippen molar-refractivity contribution >= 4 is 11.6 Å². The highest BCUT2D eigenvalue weighted by Gasteiger charge is 2.47. The number of phenolic OH excluding ortho intramolecular Hbond substituents is 3. The Morgan fingerprint density at radius 2 is 1.76 bits per heavy atom. The third-order valence-electron chi connectivity index (χ3n) is 5.44. The standard InChI is InChI=1S/C20H20O5/c1-5-6-11-17(23)15-13(21)7-12-9(2)10(3)14(22)8-20(12,4)16(15)19(25)18(11)24/h5,7,23-25H,1,6,8H2,2-4H3/t20-/m0/s1. The van der Waals surface area contributed by atoms with Gasteiger partial charge in [-0.3, -0.25) is 9.59 Å². The Labute approximate surface area is 145 Å². The molecule has 0 saturated carbocycles. The van der Waals surface area contributed by atoms with Crippen LogP contribution in [0, 0.1) is 0 Å². The number of Topliss-reactive ketones (excluding diaryl/α,β-unsaturated/α-hetero) is 1. The van der Waals surface area contributed by atoms with Crippen molar-refractivity contribution in [3.8, 4) is 17.2 Å². The first-order valence-corrected chi connectivity index (χ1v) is 8.03. The summed E-state index contributed by atoms with van der Waals surface area (Å²) in [7, 11) is 0. The van der Waals surface area contributed by atoms with Crippen LogP contribution >= 0.6 is 0 Å². The van der Waals surface area contributed by atoms with Crippen LogP contribution in [-0.4, -0.2) is 26.9 Å². The molecule has 5 nitrogen and oxygen atoms in total. The minimum atomic E-state index is -0.990. The molecule has 0 saturated heterocycles. The van der Waals surface area contributed by atoms with Gasteiger partial charge < -0.3 is 15.3 Å². The van der Waals surface area contributed by atoms with Gasteiger partial charge in [0.25, 0.3) is 0 Å². The first-order valence-electron chi connectivity index (χ1n) is 8.03. The fraction of sp³-hybridized carbons (Fsp3) is 0.300. The molecule has 0 aromatic heterocycles. The summed E-state index contributed by atoms with van der Waals surface area (Å²) in [4.78, 5) is 25.1. The average molecular weight is 340 g/mol. The van der Waals surface area contributed by atoms with Gasteiger partial charge in [-0.1, -0.05) is 13.0 Å². The van der Waals surface area contributed by atoms with Gasteiger partial charge in [-0.25, -0.2) is 0 Å². The number of hydrogen-bond acceptors (Lipinski definition) is 5. The maximum Gasteiger partial charge on any atom is 0.190 e. The molecule has 1 aromatic carbocycles. The first-order chi connectivity index (χ1) is 11.6. The molecule has 0 amide bonds. The molecule has 0 spiro atoms. The lowest BCUT2D eigenvalue weighted by Crippen LogP contribution is -2.38. The molecule has 1 atom stereocenters. The highest BCUT2D eigenvalue weighted by molar-refractivity contribution is 6.13. The van der Waals surface area contributed by atoms with E-state index in [0.717, 1.165) is 0 Å². The fourth-order valence-electron chi connectivity index (χ4n) is 3.94. The largest absolute Gasteiger partial charge is 0.507 e. The number of fused-ring (bicyclic) bond motifs is 3. The van der Waals surface area contributed by atoms with Gasteiger partial charge in [0, 0.05) is 23.0 Å². The van der Waals surface area contributed by atoms with Gasteiger partial charge in [0.2, 0.25) is 0 Å². The fourth-order valence-corrected chi connectivity index (χ4v) is 3.94. The number of carbonyl (C=O) groups excluding carboxylic acids is 2. The highest BCUT2D eigenvalue weighted by Crippen LogP contribution is 2.56. The minimum absolute atomic E-state index is 0.0469. The minimum Gasteiger partial charge on any atom is -0.507 e. The van der Waals surface area contributed by atoms with Crippen molar-refractivity contribution in [1.82, 2.24) is 0 Å². The molecule has 5 heteroatoms. The molecule has 3 N–H and O–H groups in total. The Bertz CT molecular complexity index is 917. The van der Waals surface area contributed by atoms with E-state index in [1.54, 1.807) is 20.8 Å². The Hall–Kier alpha value is -2.82. The number of allylic oxidation sites excluding steroid dienone is 5. The zero-order valence-corrected chi connectivity index (χ0v) is 14.4. The number of hydrogen-bond donors (Lipinski definition) is 3. The van der Waals surface area contributed by atoms with Crippen LogP contribution in [0.4, 0.5) is 0 Å². The van der Waals surface area contributed by atoms with E-state index in [0.29, 0.717) is 16.7 Å². The summed E-state index contributed by atoms with van der Waals surface area (Å²) in [5, 5.41) is 31.6. The lowest BCUT2D eigenvalue weighted by atomic mass is 9.61.